The number of carboxylic acids is 1. The van der Waals surface area contributed by atoms with Gasteiger partial charge < -0.3 is 33.3 Å². The molecule has 0 aliphatic rings. The Kier molecular flexibility index (Phi) is 59.0. The van der Waals surface area contributed by atoms with Crippen LogP contribution in [0, 0.1) is 0 Å². The van der Waals surface area contributed by atoms with Crippen molar-refractivity contribution in [3.63, 3.8) is 0 Å². The fourth-order valence-corrected chi connectivity index (χ4v) is 8.66. The number of allylic oxidation sites excluding steroid dienone is 22. The van der Waals surface area contributed by atoms with E-state index in [0.717, 1.165) is 122 Å². The van der Waals surface area contributed by atoms with Gasteiger partial charge >= 0.3 is 11.9 Å². The average Bonchev–Trinajstić information content (AvgIpc) is 3.45. The molecule has 2 atom stereocenters. The maximum Gasteiger partial charge on any atom is 0.306 e. The zero-order chi connectivity index (χ0) is 59.8. The second kappa shape index (κ2) is 62.5. The van der Waals surface area contributed by atoms with Crippen LogP contribution in [-0.2, 0) is 33.3 Å². The fourth-order valence-electron chi connectivity index (χ4n) is 8.66. The number of rotatable bonds is 59. The molecule has 0 N–H and O–H groups in total. The number of carbonyl (C=O) groups excluding carboxylic acids is 3. The predicted molar refractivity (Wildman–Crippen MR) is 347 cm³/mol. The van der Waals surface area contributed by atoms with Crippen LogP contribution in [-0.4, -0.2) is 82.3 Å². The lowest BCUT2D eigenvalue weighted by atomic mass is 10.0. The minimum absolute atomic E-state index is 0.138. The summed E-state index contributed by atoms with van der Waals surface area (Å²) < 4.78 is 22.7. The van der Waals surface area contributed by atoms with E-state index in [2.05, 4.69) is 148 Å². The third-order valence-corrected chi connectivity index (χ3v) is 13.7. The molecule has 0 radical (unpaired) electrons. The zero-order valence-electron chi connectivity index (χ0n) is 53.1. The molecule has 0 aromatic rings. The van der Waals surface area contributed by atoms with Crippen molar-refractivity contribution in [2.24, 2.45) is 0 Å². The third kappa shape index (κ3) is 63.0. The Labute approximate surface area is 503 Å². The quantitative estimate of drug-likeness (QED) is 0.0195. The van der Waals surface area contributed by atoms with Gasteiger partial charge in [-0.2, -0.15) is 0 Å². The SMILES string of the molecule is CC/C=C\C/C=C\C/C=C\C/C=C\C/C=C\C/C=C\C/C=C\C/C=C\C/C=C\C/C=C\C/C=C\CCCCCCCC(=O)OC(COC(=O)CCCCCCCCCCCCCCCCCCCC)COC(OCC[N+](C)(C)C)C(=O)[O-]. The molecule has 2 unspecified atom stereocenters. The van der Waals surface area contributed by atoms with Gasteiger partial charge in [0.25, 0.3) is 0 Å². The summed E-state index contributed by atoms with van der Waals surface area (Å²) in [5.41, 5.74) is 0. The van der Waals surface area contributed by atoms with Crippen LogP contribution < -0.4 is 5.11 Å². The summed E-state index contributed by atoms with van der Waals surface area (Å²) in [6.07, 6.45) is 86.6. The highest BCUT2D eigenvalue weighted by Crippen LogP contribution is 2.16. The van der Waals surface area contributed by atoms with Crippen LogP contribution in [0.15, 0.2) is 134 Å². The summed E-state index contributed by atoms with van der Waals surface area (Å²) in [6.45, 7) is 4.62. The number of hydrogen-bond acceptors (Lipinski definition) is 8. The van der Waals surface area contributed by atoms with Gasteiger partial charge in [-0.05, 0) is 96.3 Å². The fraction of sp³-hybridized carbons (Fsp3) is 0.658. The molecule has 0 aliphatic heterocycles. The van der Waals surface area contributed by atoms with Crippen LogP contribution in [0.4, 0.5) is 0 Å². The van der Waals surface area contributed by atoms with Crippen molar-refractivity contribution in [3.8, 4) is 0 Å². The molecule has 0 heterocycles. The molecule has 82 heavy (non-hydrogen) atoms. The van der Waals surface area contributed by atoms with E-state index in [1.165, 1.54) is 96.3 Å². The lowest BCUT2D eigenvalue weighted by Crippen LogP contribution is -2.44. The first kappa shape index (κ1) is 77.4. The van der Waals surface area contributed by atoms with Crippen molar-refractivity contribution in [1.82, 2.24) is 0 Å². The number of nitrogens with zero attached hydrogens (tertiary/aromatic N) is 1. The number of carbonyl (C=O) groups is 3. The molecule has 0 rings (SSSR count). The molecule has 0 aliphatic carbocycles. The van der Waals surface area contributed by atoms with Gasteiger partial charge in [0.1, 0.15) is 13.2 Å². The molecule has 0 saturated carbocycles. The van der Waals surface area contributed by atoms with Crippen LogP contribution >= 0.6 is 0 Å². The summed E-state index contributed by atoms with van der Waals surface area (Å²) in [7, 11) is 5.91. The maximum absolute atomic E-state index is 12.9. The van der Waals surface area contributed by atoms with E-state index >= 15 is 0 Å². The van der Waals surface area contributed by atoms with Gasteiger partial charge in [0, 0.05) is 12.8 Å². The van der Waals surface area contributed by atoms with E-state index in [4.69, 9.17) is 18.9 Å². The second-order valence-electron chi connectivity index (χ2n) is 22.7. The number of esters is 2. The van der Waals surface area contributed by atoms with E-state index in [-0.39, 0.29) is 38.6 Å². The first-order chi connectivity index (χ1) is 40.1. The first-order valence-electron chi connectivity index (χ1n) is 32.8. The zero-order valence-corrected chi connectivity index (χ0v) is 53.1. The first-order valence-corrected chi connectivity index (χ1v) is 32.8. The number of hydrogen-bond donors (Lipinski definition) is 0. The lowest BCUT2D eigenvalue weighted by molar-refractivity contribution is -0.870. The topological polar surface area (TPSA) is 111 Å². The standard InChI is InChI=1S/C73H121NO8/c1-6-8-10-12-14-16-18-20-22-24-26-27-28-29-30-31-32-33-34-35-36-37-38-39-40-41-42-43-44-45-46-48-50-52-54-56-58-60-62-64-71(76)82-69(68-81-73(72(77)78)79-66-65-74(3,4)5)67-80-70(75)63-61-59-57-55-53-51-49-47-25-23-21-19-17-15-13-11-9-7-2/h8,10,14,16,20,22,26-27,29-30,32-33,35-36,38-39,41-42,44-45,48,50,69,73H,6-7,9,11-13,15,17-19,21,23-25,28,31,34,37,40,43,46-47,49,51-68H2,1-5H3/b10-8-,16-14-,22-20-,27-26-,30-29-,33-32-,36-35-,39-38-,42-41-,45-44-,50-48-. The highest BCUT2D eigenvalue weighted by molar-refractivity contribution is 5.70. The van der Waals surface area contributed by atoms with E-state index in [9.17, 15) is 19.5 Å². The van der Waals surface area contributed by atoms with Crippen LogP contribution in [0.1, 0.15) is 251 Å². The molecule has 0 spiro atoms. The third-order valence-electron chi connectivity index (χ3n) is 13.7. The van der Waals surface area contributed by atoms with E-state index in [0.29, 0.717) is 17.4 Å². The Balaban J connectivity index is 4.23. The van der Waals surface area contributed by atoms with E-state index in [1.807, 2.05) is 21.1 Å². The van der Waals surface area contributed by atoms with Crippen molar-refractivity contribution >= 4 is 17.9 Å². The summed E-state index contributed by atoms with van der Waals surface area (Å²) in [6, 6.07) is 0. The maximum atomic E-state index is 12.9. The van der Waals surface area contributed by atoms with Crippen molar-refractivity contribution < 1.29 is 42.9 Å². The van der Waals surface area contributed by atoms with Gasteiger partial charge in [-0.25, -0.2) is 0 Å². The largest absolute Gasteiger partial charge is 0.545 e. The van der Waals surface area contributed by atoms with Gasteiger partial charge in [0.2, 0.25) is 0 Å². The normalized spacial score (nSPS) is 13.6. The summed E-state index contributed by atoms with van der Waals surface area (Å²) in [4.78, 5) is 37.4. The minimum atomic E-state index is -1.63. The van der Waals surface area contributed by atoms with Crippen LogP contribution in [0.3, 0.4) is 0 Å². The monoisotopic (exact) mass is 1140 g/mol. The van der Waals surface area contributed by atoms with E-state index < -0.39 is 24.3 Å². The number of carboxylic acid groups (broad SMARTS) is 1. The molecule has 9 nitrogen and oxygen atoms in total. The average molecular weight is 1140 g/mol. The predicted octanol–water partition coefficient (Wildman–Crippen LogP) is 18.8. The van der Waals surface area contributed by atoms with Crippen LogP contribution in [0.25, 0.3) is 0 Å². The number of aliphatic carboxylic acids is 1. The summed E-state index contributed by atoms with van der Waals surface area (Å²) in [5.74, 6) is -2.31. The summed E-state index contributed by atoms with van der Waals surface area (Å²) >= 11 is 0. The number of likely N-dealkylation sites (N-methyl/N-ethyl adjacent to an activating group) is 1. The second-order valence-corrected chi connectivity index (χ2v) is 22.7. The highest BCUT2D eigenvalue weighted by Gasteiger charge is 2.22. The van der Waals surface area contributed by atoms with Gasteiger partial charge in [0.05, 0.1) is 40.3 Å². The summed E-state index contributed by atoms with van der Waals surface area (Å²) in [5, 5.41) is 11.8. The molecule has 0 aromatic heterocycles. The molecule has 0 fully saturated rings. The molecule has 9 heteroatoms. The number of quaternary nitrogens is 1. The Hall–Kier alpha value is -4.57. The van der Waals surface area contributed by atoms with Gasteiger partial charge in [-0.1, -0.05) is 276 Å². The van der Waals surface area contributed by atoms with Crippen LogP contribution in [0.2, 0.25) is 0 Å². The van der Waals surface area contributed by atoms with Crippen molar-refractivity contribution in [3.05, 3.63) is 134 Å². The van der Waals surface area contributed by atoms with E-state index in [1.54, 1.807) is 0 Å². The smallest absolute Gasteiger partial charge is 0.306 e. The Bertz CT molecular complexity index is 1810. The lowest BCUT2D eigenvalue weighted by Gasteiger charge is -2.26. The Morgan fingerprint density at radius 3 is 1.04 bits per heavy atom. The Morgan fingerprint density at radius 1 is 0.378 bits per heavy atom. The van der Waals surface area contributed by atoms with Gasteiger partial charge in [0.15, 0.2) is 12.4 Å². The van der Waals surface area contributed by atoms with Crippen molar-refractivity contribution in [2.45, 2.75) is 264 Å². The molecule has 0 bridgehead atoms. The molecule has 0 aromatic carbocycles. The molecule has 0 saturated heterocycles. The van der Waals surface area contributed by atoms with Gasteiger partial charge in [-0.15, -0.1) is 0 Å². The molecular formula is C73H121NO8. The van der Waals surface area contributed by atoms with Crippen molar-refractivity contribution in [2.75, 3.05) is 47.5 Å². The highest BCUT2D eigenvalue weighted by atomic mass is 16.7. The Morgan fingerprint density at radius 2 is 0.695 bits per heavy atom. The van der Waals surface area contributed by atoms with Crippen molar-refractivity contribution in [1.29, 1.82) is 0 Å². The molecule has 466 valence electrons. The molecular weight excluding hydrogens is 1020 g/mol. The minimum Gasteiger partial charge on any atom is -0.545 e. The number of unbranched alkanes of at least 4 members (excludes halogenated alkanes) is 22. The molecule has 0 amide bonds. The van der Waals surface area contributed by atoms with Gasteiger partial charge in [-0.3, -0.25) is 9.59 Å². The van der Waals surface area contributed by atoms with Crippen LogP contribution in [0.5, 0.6) is 0 Å². The number of ether oxygens (including phenoxy) is 4.